The van der Waals surface area contributed by atoms with Crippen LogP contribution in [0.25, 0.3) is 11.3 Å². The lowest BCUT2D eigenvalue weighted by Gasteiger charge is -2.38. The van der Waals surface area contributed by atoms with Gasteiger partial charge in [0.1, 0.15) is 11.6 Å². The van der Waals surface area contributed by atoms with Gasteiger partial charge in [0.25, 0.3) is 0 Å². The topological polar surface area (TPSA) is 64.1 Å². The lowest BCUT2D eigenvalue weighted by molar-refractivity contribution is -0.134. The Morgan fingerprint density at radius 2 is 1.93 bits per heavy atom. The Morgan fingerprint density at radius 3 is 2.57 bits per heavy atom. The first-order valence-electron chi connectivity index (χ1n) is 9.57. The van der Waals surface area contributed by atoms with Crippen LogP contribution in [0.3, 0.4) is 0 Å². The van der Waals surface area contributed by atoms with Gasteiger partial charge in [-0.1, -0.05) is 19.9 Å². The van der Waals surface area contributed by atoms with Gasteiger partial charge < -0.3 is 10.1 Å². The zero-order valence-corrected chi connectivity index (χ0v) is 15.8. The molecule has 1 aromatic heterocycles. The average molecular weight is 385 g/mol. The number of fused-ring (bicyclic) bond motifs is 5. The van der Waals surface area contributed by atoms with Gasteiger partial charge in [0.05, 0.1) is 41.6 Å². The minimum atomic E-state index is -0.776. The highest BCUT2D eigenvalue weighted by molar-refractivity contribution is 5.92. The van der Waals surface area contributed by atoms with E-state index >= 15 is 0 Å². The SMILES string of the molecule is CC1(C)[C@H]2CC[C@]1(C(=O)NC1COC1)c1nnc(-c3c(F)cccc3F)cc12. The Kier molecular flexibility index (Phi) is 3.66. The normalized spacial score (nSPS) is 27.4. The molecule has 2 aromatic rings. The van der Waals surface area contributed by atoms with Gasteiger partial charge in [-0.3, -0.25) is 4.79 Å². The Bertz CT molecular complexity index is 969. The number of amides is 1. The van der Waals surface area contributed by atoms with E-state index in [4.69, 9.17) is 4.74 Å². The lowest BCUT2D eigenvalue weighted by atomic mass is 9.67. The maximum absolute atomic E-state index is 14.2. The largest absolute Gasteiger partial charge is 0.377 e. The summed E-state index contributed by atoms with van der Waals surface area (Å²) in [6, 6.07) is 5.49. The smallest absolute Gasteiger partial charge is 0.233 e. The number of hydrogen-bond donors (Lipinski definition) is 1. The molecule has 7 heteroatoms. The number of benzene rings is 1. The molecule has 1 saturated carbocycles. The summed E-state index contributed by atoms with van der Waals surface area (Å²) < 4.78 is 33.6. The highest BCUT2D eigenvalue weighted by Gasteiger charge is 2.67. The molecule has 2 aliphatic carbocycles. The van der Waals surface area contributed by atoms with E-state index in [1.165, 1.54) is 18.2 Å². The second-order valence-electron chi connectivity index (χ2n) is 8.56. The number of hydrogen-bond acceptors (Lipinski definition) is 4. The minimum absolute atomic E-state index is 0.0283. The number of aromatic nitrogens is 2. The Morgan fingerprint density at radius 1 is 1.21 bits per heavy atom. The molecule has 0 radical (unpaired) electrons. The number of nitrogens with zero attached hydrogens (tertiary/aromatic N) is 2. The fourth-order valence-corrected chi connectivity index (χ4v) is 5.32. The number of ether oxygens (including phenoxy) is 1. The summed E-state index contributed by atoms with van der Waals surface area (Å²) in [6.07, 6.45) is 1.53. The Hall–Kier alpha value is -2.41. The number of halogens is 2. The molecule has 3 aliphatic rings. The van der Waals surface area contributed by atoms with E-state index < -0.39 is 17.0 Å². The van der Waals surface area contributed by atoms with Crippen molar-refractivity contribution < 1.29 is 18.3 Å². The van der Waals surface area contributed by atoms with Crippen LogP contribution in [0.4, 0.5) is 8.78 Å². The van der Waals surface area contributed by atoms with Crippen molar-refractivity contribution in [1.29, 1.82) is 0 Å². The Labute approximate surface area is 161 Å². The quantitative estimate of drug-likeness (QED) is 0.882. The summed E-state index contributed by atoms with van der Waals surface area (Å²) in [5.41, 5.74) is 0.382. The van der Waals surface area contributed by atoms with Crippen molar-refractivity contribution in [2.45, 2.75) is 44.1 Å². The molecule has 2 bridgehead atoms. The zero-order chi connectivity index (χ0) is 19.7. The van der Waals surface area contributed by atoms with E-state index in [0.29, 0.717) is 25.3 Å². The molecular weight excluding hydrogens is 364 g/mol. The van der Waals surface area contributed by atoms with Crippen LogP contribution in [0.2, 0.25) is 0 Å². The molecule has 5 rings (SSSR count). The summed E-state index contributed by atoms with van der Waals surface area (Å²) in [5, 5.41) is 11.6. The summed E-state index contributed by atoms with van der Waals surface area (Å²) in [6.45, 7) is 5.20. The molecule has 1 N–H and O–H groups in total. The molecule has 1 saturated heterocycles. The monoisotopic (exact) mass is 385 g/mol. The van der Waals surface area contributed by atoms with Crippen molar-refractivity contribution in [3.63, 3.8) is 0 Å². The summed E-state index contributed by atoms with van der Waals surface area (Å²) in [4.78, 5) is 13.3. The van der Waals surface area contributed by atoms with Crippen molar-refractivity contribution in [2.24, 2.45) is 5.41 Å². The number of rotatable bonds is 3. The maximum Gasteiger partial charge on any atom is 0.233 e. The van der Waals surface area contributed by atoms with Gasteiger partial charge in [-0.05, 0) is 47.9 Å². The highest BCUT2D eigenvalue weighted by atomic mass is 19.1. The molecule has 1 aromatic carbocycles. The third kappa shape index (κ3) is 2.11. The van der Waals surface area contributed by atoms with Crippen LogP contribution in [0, 0.1) is 17.0 Å². The van der Waals surface area contributed by atoms with Gasteiger partial charge in [-0.15, -0.1) is 5.10 Å². The molecule has 2 fully saturated rings. The van der Waals surface area contributed by atoms with E-state index in [2.05, 4.69) is 29.4 Å². The first-order valence-corrected chi connectivity index (χ1v) is 9.57. The predicted octanol–water partition coefficient (Wildman–Crippen LogP) is 3.09. The number of carbonyl (C=O) groups is 1. The van der Waals surface area contributed by atoms with Gasteiger partial charge in [0.15, 0.2) is 0 Å². The number of carbonyl (C=O) groups excluding carboxylic acids is 1. The van der Waals surface area contributed by atoms with Gasteiger partial charge in [-0.25, -0.2) is 8.78 Å². The first-order chi connectivity index (χ1) is 13.4. The van der Waals surface area contributed by atoms with Gasteiger partial charge in [0.2, 0.25) is 5.91 Å². The fourth-order valence-electron chi connectivity index (χ4n) is 5.32. The molecule has 2 heterocycles. The van der Waals surface area contributed by atoms with E-state index in [0.717, 1.165) is 12.0 Å². The summed E-state index contributed by atoms with van der Waals surface area (Å²) >= 11 is 0. The van der Waals surface area contributed by atoms with E-state index in [9.17, 15) is 13.6 Å². The van der Waals surface area contributed by atoms with Crippen LogP contribution < -0.4 is 5.32 Å². The molecule has 2 atom stereocenters. The van der Waals surface area contributed by atoms with Crippen LogP contribution in [0.15, 0.2) is 24.3 Å². The fraction of sp³-hybridized carbons (Fsp3) is 0.476. The van der Waals surface area contributed by atoms with Crippen molar-refractivity contribution >= 4 is 5.91 Å². The Balaban J connectivity index is 1.62. The third-order valence-corrected chi connectivity index (χ3v) is 6.96. The standard InChI is InChI=1S/C21H21F2N3O2/c1-20(2)13-6-7-21(20,19(27)24-11-9-28-10-11)18-12(13)8-16(25-26-18)17-14(22)4-3-5-15(17)23/h3-5,8,11,13H,6-7,9-10H2,1-2H3,(H,24,27)/t13-,21+/m0/s1. The summed E-state index contributed by atoms with van der Waals surface area (Å²) in [5.74, 6) is -1.30. The molecule has 1 aliphatic heterocycles. The second kappa shape index (κ2) is 5.80. The van der Waals surface area contributed by atoms with Crippen LogP contribution in [-0.2, 0) is 14.9 Å². The van der Waals surface area contributed by atoms with Crippen molar-refractivity contribution in [1.82, 2.24) is 15.5 Å². The zero-order valence-electron chi connectivity index (χ0n) is 15.8. The number of nitrogens with one attached hydrogen (secondary N) is 1. The molecule has 0 unspecified atom stereocenters. The molecule has 5 nitrogen and oxygen atoms in total. The van der Waals surface area contributed by atoms with Crippen molar-refractivity contribution in [3.8, 4) is 11.3 Å². The average Bonchev–Trinajstić information content (AvgIpc) is 3.00. The van der Waals surface area contributed by atoms with Gasteiger partial charge in [-0.2, -0.15) is 5.10 Å². The minimum Gasteiger partial charge on any atom is -0.377 e. The van der Waals surface area contributed by atoms with E-state index in [1.54, 1.807) is 6.07 Å². The van der Waals surface area contributed by atoms with Crippen molar-refractivity contribution in [2.75, 3.05) is 13.2 Å². The predicted molar refractivity (Wildman–Crippen MR) is 97.6 cm³/mol. The first kappa shape index (κ1) is 17.7. The van der Waals surface area contributed by atoms with Crippen LogP contribution in [-0.4, -0.2) is 35.4 Å². The highest BCUT2D eigenvalue weighted by Crippen LogP contribution is 2.67. The molecule has 146 valence electrons. The lowest BCUT2D eigenvalue weighted by Crippen LogP contribution is -2.57. The van der Waals surface area contributed by atoms with Crippen molar-refractivity contribution in [3.05, 3.63) is 47.2 Å². The van der Waals surface area contributed by atoms with Crippen LogP contribution in [0.5, 0.6) is 0 Å². The van der Waals surface area contributed by atoms with Crippen LogP contribution in [0.1, 0.15) is 43.9 Å². The van der Waals surface area contributed by atoms with Gasteiger partial charge in [0, 0.05) is 0 Å². The van der Waals surface area contributed by atoms with Gasteiger partial charge >= 0.3 is 0 Å². The molecule has 28 heavy (non-hydrogen) atoms. The molecule has 1 amide bonds. The van der Waals surface area contributed by atoms with Crippen LogP contribution >= 0.6 is 0 Å². The van der Waals surface area contributed by atoms with E-state index in [1.807, 2.05) is 0 Å². The second-order valence-corrected chi connectivity index (χ2v) is 8.56. The third-order valence-electron chi connectivity index (χ3n) is 6.96. The molecular formula is C21H21F2N3O2. The van der Waals surface area contributed by atoms with E-state index in [-0.39, 0.29) is 34.5 Å². The summed E-state index contributed by atoms with van der Waals surface area (Å²) in [7, 11) is 0. The maximum atomic E-state index is 14.2. The molecule has 0 spiro atoms.